The van der Waals surface area contributed by atoms with E-state index in [1.165, 1.54) is 25.0 Å². The highest BCUT2D eigenvalue weighted by atomic mass is 15.3. The molecule has 4 heteroatoms. The minimum absolute atomic E-state index is 0.641. The van der Waals surface area contributed by atoms with Crippen LogP contribution in [0.4, 0.5) is 0 Å². The Bertz CT molecular complexity index is 399. The first-order valence-electron chi connectivity index (χ1n) is 7.61. The first-order valence-corrected chi connectivity index (χ1v) is 7.61. The molecular weight excluding hydrogens is 236 g/mol. The lowest BCUT2D eigenvalue weighted by atomic mass is 10.0. The molecule has 4 nitrogen and oxygen atoms in total. The summed E-state index contributed by atoms with van der Waals surface area (Å²) in [6.45, 7) is 9.93. The third kappa shape index (κ3) is 3.57. The van der Waals surface area contributed by atoms with Gasteiger partial charge in [0.1, 0.15) is 0 Å². The summed E-state index contributed by atoms with van der Waals surface area (Å²) in [5, 5.41) is 8.14. The van der Waals surface area contributed by atoms with Gasteiger partial charge in [0.15, 0.2) is 0 Å². The molecule has 0 aliphatic carbocycles. The molecule has 1 aliphatic heterocycles. The van der Waals surface area contributed by atoms with E-state index >= 15 is 0 Å². The lowest BCUT2D eigenvalue weighted by Crippen LogP contribution is -2.55. The largest absolute Gasteiger partial charge is 0.311 e. The van der Waals surface area contributed by atoms with Crippen molar-refractivity contribution in [1.82, 2.24) is 20.0 Å². The molecule has 2 atom stereocenters. The second kappa shape index (κ2) is 6.53. The second-order valence-electron chi connectivity index (χ2n) is 5.79. The lowest BCUT2D eigenvalue weighted by molar-refractivity contribution is 0.111. The van der Waals surface area contributed by atoms with Crippen molar-refractivity contribution in [3.8, 4) is 0 Å². The van der Waals surface area contributed by atoms with Crippen molar-refractivity contribution < 1.29 is 0 Å². The van der Waals surface area contributed by atoms with Gasteiger partial charge in [-0.25, -0.2) is 0 Å². The number of nitrogens with zero attached hydrogens (tertiary/aromatic N) is 3. The molecule has 0 bridgehead atoms. The minimum atomic E-state index is 0.641. The van der Waals surface area contributed by atoms with E-state index in [0.717, 1.165) is 25.3 Å². The molecule has 0 amide bonds. The number of hydrogen-bond acceptors (Lipinski definition) is 3. The van der Waals surface area contributed by atoms with E-state index in [2.05, 4.69) is 49.2 Å². The van der Waals surface area contributed by atoms with Crippen LogP contribution < -0.4 is 5.32 Å². The molecule has 1 aliphatic rings. The Morgan fingerprint density at radius 3 is 2.79 bits per heavy atom. The van der Waals surface area contributed by atoms with Gasteiger partial charge in [0.05, 0.1) is 11.4 Å². The van der Waals surface area contributed by atoms with Crippen LogP contribution in [0.1, 0.15) is 44.5 Å². The van der Waals surface area contributed by atoms with E-state index in [-0.39, 0.29) is 0 Å². The number of nitrogens with one attached hydrogen (secondary N) is 1. The molecule has 1 aromatic heterocycles. The summed E-state index contributed by atoms with van der Waals surface area (Å²) in [7, 11) is 2.05. The van der Waals surface area contributed by atoms with Crippen LogP contribution in [0.2, 0.25) is 0 Å². The molecule has 1 fully saturated rings. The highest BCUT2D eigenvalue weighted by Gasteiger charge is 2.26. The lowest BCUT2D eigenvalue weighted by Gasteiger charge is -2.40. The molecule has 2 unspecified atom stereocenters. The molecule has 108 valence electrons. The smallest absolute Gasteiger partial charge is 0.0597 e. The Hall–Kier alpha value is -0.870. The molecule has 2 heterocycles. The molecule has 1 saturated heterocycles. The third-order valence-electron chi connectivity index (χ3n) is 4.19. The molecule has 0 saturated carbocycles. The zero-order valence-electron chi connectivity index (χ0n) is 12.8. The van der Waals surface area contributed by atoms with E-state index in [1.54, 1.807) is 0 Å². The number of hydrogen-bond donors (Lipinski definition) is 1. The number of rotatable bonds is 5. The quantitative estimate of drug-likeness (QED) is 0.884. The van der Waals surface area contributed by atoms with Gasteiger partial charge in [-0.15, -0.1) is 0 Å². The first kappa shape index (κ1) is 14.5. The first-order chi connectivity index (χ1) is 9.13. The van der Waals surface area contributed by atoms with E-state index in [4.69, 9.17) is 0 Å². The Kier molecular flexibility index (Phi) is 4.99. The molecule has 0 radical (unpaired) electrons. The van der Waals surface area contributed by atoms with Crippen molar-refractivity contribution in [3.05, 3.63) is 17.5 Å². The van der Waals surface area contributed by atoms with E-state index in [9.17, 15) is 0 Å². The summed E-state index contributed by atoms with van der Waals surface area (Å²) >= 11 is 0. The van der Waals surface area contributed by atoms with Crippen LogP contribution in [-0.4, -0.2) is 39.9 Å². The van der Waals surface area contributed by atoms with Gasteiger partial charge in [0, 0.05) is 38.8 Å². The molecule has 1 N–H and O–H groups in total. The molecule has 0 spiro atoms. The van der Waals surface area contributed by atoms with Gasteiger partial charge in [-0.3, -0.25) is 9.58 Å². The van der Waals surface area contributed by atoms with Crippen LogP contribution in [0.25, 0.3) is 0 Å². The topological polar surface area (TPSA) is 33.1 Å². The monoisotopic (exact) mass is 264 g/mol. The molecular formula is C15H28N4. The van der Waals surface area contributed by atoms with Gasteiger partial charge in [-0.05, 0) is 25.8 Å². The Morgan fingerprint density at radius 2 is 2.21 bits per heavy atom. The summed E-state index contributed by atoms with van der Waals surface area (Å²) < 4.78 is 2.03. The van der Waals surface area contributed by atoms with Crippen molar-refractivity contribution in [2.24, 2.45) is 7.05 Å². The average Bonchev–Trinajstić information content (AvgIpc) is 2.70. The molecule has 2 rings (SSSR count). The minimum Gasteiger partial charge on any atom is -0.311 e. The Balaban J connectivity index is 2.06. The molecule has 19 heavy (non-hydrogen) atoms. The fourth-order valence-electron chi connectivity index (χ4n) is 3.03. The number of aryl methyl sites for hydroxylation is 2. The highest BCUT2D eigenvalue weighted by Crippen LogP contribution is 2.17. The highest BCUT2D eigenvalue weighted by molar-refractivity contribution is 5.09. The van der Waals surface area contributed by atoms with Crippen molar-refractivity contribution in [2.45, 2.75) is 58.7 Å². The summed E-state index contributed by atoms with van der Waals surface area (Å²) in [4.78, 5) is 2.64. The van der Waals surface area contributed by atoms with Crippen LogP contribution in [0.5, 0.6) is 0 Å². The van der Waals surface area contributed by atoms with Gasteiger partial charge >= 0.3 is 0 Å². The summed E-state index contributed by atoms with van der Waals surface area (Å²) in [5.41, 5.74) is 2.45. The van der Waals surface area contributed by atoms with Crippen molar-refractivity contribution in [3.63, 3.8) is 0 Å². The van der Waals surface area contributed by atoms with Gasteiger partial charge in [-0.2, -0.15) is 5.10 Å². The van der Waals surface area contributed by atoms with E-state index < -0.39 is 0 Å². The maximum Gasteiger partial charge on any atom is 0.0597 e. The van der Waals surface area contributed by atoms with Crippen molar-refractivity contribution in [2.75, 3.05) is 13.1 Å². The van der Waals surface area contributed by atoms with Gasteiger partial charge in [-0.1, -0.05) is 20.3 Å². The molecule has 1 aromatic rings. The zero-order chi connectivity index (χ0) is 13.8. The fraction of sp³-hybridized carbons (Fsp3) is 0.800. The van der Waals surface area contributed by atoms with E-state index in [0.29, 0.717) is 12.1 Å². The van der Waals surface area contributed by atoms with E-state index in [1.807, 2.05) is 4.68 Å². The predicted octanol–water partition coefficient (Wildman–Crippen LogP) is 2.08. The summed E-state index contributed by atoms with van der Waals surface area (Å²) in [5.74, 6) is 0. The van der Waals surface area contributed by atoms with Gasteiger partial charge in [0.2, 0.25) is 0 Å². The second-order valence-corrected chi connectivity index (χ2v) is 5.79. The average molecular weight is 264 g/mol. The Labute approximate surface area is 117 Å². The standard InChI is InChI=1S/C15H28N4/c1-5-7-14-9-16-13(6-2)10-19(14)11-15-8-12(3)17-18(15)4/h8,13-14,16H,5-7,9-11H2,1-4H3. The van der Waals surface area contributed by atoms with Gasteiger partial charge < -0.3 is 5.32 Å². The van der Waals surface area contributed by atoms with Crippen LogP contribution in [0, 0.1) is 6.92 Å². The van der Waals surface area contributed by atoms with Crippen molar-refractivity contribution >= 4 is 0 Å². The fourth-order valence-corrected chi connectivity index (χ4v) is 3.03. The Morgan fingerprint density at radius 1 is 1.42 bits per heavy atom. The number of aromatic nitrogens is 2. The van der Waals surface area contributed by atoms with Crippen molar-refractivity contribution in [1.29, 1.82) is 0 Å². The maximum absolute atomic E-state index is 4.46. The van der Waals surface area contributed by atoms with Crippen LogP contribution in [0.15, 0.2) is 6.07 Å². The third-order valence-corrected chi connectivity index (χ3v) is 4.19. The summed E-state index contributed by atoms with van der Waals surface area (Å²) in [6.07, 6.45) is 3.74. The SMILES string of the molecule is CCCC1CNC(CC)CN1Cc1cc(C)nn1C. The van der Waals surface area contributed by atoms with Crippen LogP contribution in [-0.2, 0) is 13.6 Å². The summed E-state index contributed by atoms with van der Waals surface area (Å²) in [6, 6.07) is 3.52. The van der Waals surface area contributed by atoms with Crippen LogP contribution in [0.3, 0.4) is 0 Å². The van der Waals surface area contributed by atoms with Crippen LogP contribution >= 0.6 is 0 Å². The van der Waals surface area contributed by atoms with Gasteiger partial charge in [0.25, 0.3) is 0 Å². The predicted molar refractivity (Wildman–Crippen MR) is 79.1 cm³/mol. The number of piperazine rings is 1. The molecule has 0 aromatic carbocycles. The zero-order valence-corrected chi connectivity index (χ0v) is 12.8. The maximum atomic E-state index is 4.46. The normalized spacial score (nSPS) is 24.8.